The molecule has 0 spiro atoms. The first-order valence-corrected chi connectivity index (χ1v) is 6.39. The van der Waals surface area contributed by atoms with Crippen LogP contribution in [0.2, 0.25) is 0 Å². The van der Waals surface area contributed by atoms with E-state index in [9.17, 15) is 0 Å². The van der Waals surface area contributed by atoms with Crippen LogP contribution in [0.25, 0.3) is 11.1 Å². The van der Waals surface area contributed by atoms with Gasteiger partial charge in [0.05, 0.1) is 5.38 Å². The van der Waals surface area contributed by atoms with E-state index in [0.29, 0.717) is 0 Å². The van der Waals surface area contributed by atoms with Gasteiger partial charge in [0, 0.05) is 5.56 Å². The largest absolute Gasteiger partial charge is 0.142 e. The van der Waals surface area contributed by atoms with E-state index >= 15 is 0 Å². The maximum atomic E-state index is 3.35. The lowest BCUT2D eigenvalue weighted by atomic mass is 9.86. The van der Waals surface area contributed by atoms with Crippen molar-refractivity contribution in [1.82, 2.24) is 0 Å². The highest BCUT2D eigenvalue weighted by atomic mass is 32.1. The van der Waals surface area contributed by atoms with Crippen LogP contribution in [0, 0.1) is 5.38 Å². The van der Waals surface area contributed by atoms with Gasteiger partial charge in [-0.05, 0) is 53.8 Å². The summed E-state index contributed by atoms with van der Waals surface area (Å²) in [5.74, 6) is 0. The van der Waals surface area contributed by atoms with Crippen molar-refractivity contribution in [2.24, 2.45) is 0 Å². The van der Waals surface area contributed by atoms with Gasteiger partial charge in [-0.3, -0.25) is 0 Å². The molecule has 3 rings (SSSR count). The molecule has 2 aromatic rings. The highest BCUT2D eigenvalue weighted by Crippen LogP contribution is 2.32. The second kappa shape index (κ2) is 3.82. The van der Waals surface area contributed by atoms with Gasteiger partial charge >= 0.3 is 0 Å². The quantitative estimate of drug-likeness (QED) is 0.669. The van der Waals surface area contributed by atoms with E-state index in [-0.39, 0.29) is 0 Å². The molecule has 1 aliphatic carbocycles. The van der Waals surface area contributed by atoms with Crippen LogP contribution in [-0.2, 0) is 12.8 Å². The molecule has 1 radical (unpaired) electrons. The van der Waals surface area contributed by atoms with Gasteiger partial charge in [0.25, 0.3) is 0 Å². The maximum Gasteiger partial charge on any atom is 0.0527 e. The van der Waals surface area contributed by atoms with Gasteiger partial charge in [-0.25, -0.2) is 0 Å². The average Bonchev–Trinajstić information content (AvgIpc) is 2.82. The van der Waals surface area contributed by atoms with E-state index < -0.39 is 0 Å². The SMILES string of the molecule is [c]1sccc1-c1cccc2c1CCCC2. The minimum atomic E-state index is 1.25. The minimum Gasteiger partial charge on any atom is -0.142 e. The van der Waals surface area contributed by atoms with Gasteiger partial charge in [-0.2, -0.15) is 0 Å². The van der Waals surface area contributed by atoms with Crippen molar-refractivity contribution in [2.75, 3.05) is 0 Å². The Hall–Kier alpha value is -1.08. The Labute approximate surface area is 94.6 Å². The smallest absolute Gasteiger partial charge is 0.0527 e. The molecule has 15 heavy (non-hydrogen) atoms. The highest BCUT2D eigenvalue weighted by molar-refractivity contribution is 7.07. The van der Waals surface area contributed by atoms with Crippen LogP contribution in [0.3, 0.4) is 0 Å². The van der Waals surface area contributed by atoms with Crippen LogP contribution < -0.4 is 0 Å². The number of hydrogen-bond donors (Lipinski definition) is 0. The zero-order valence-corrected chi connectivity index (χ0v) is 9.44. The number of fused-ring (bicyclic) bond motifs is 1. The lowest BCUT2D eigenvalue weighted by molar-refractivity contribution is 0.687. The maximum absolute atomic E-state index is 3.35. The number of hydrogen-bond acceptors (Lipinski definition) is 1. The molecule has 75 valence electrons. The van der Waals surface area contributed by atoms with Gasteiger partial charge < -0.3 is 0 Å². The number of benzene rings is 1. The van der Waals surface area contributed by atoms with Crippen LogP contribution in [-0.4, -0.2) is 0 Å². The standard InChI is InChI=1S/C14H13S/c1-2-6-13-11(4-1)5-3-7-14(13)12-8-9-15-10-12/h3,5,7-9H,1-2,4,6H2. The van der Waals surface area contributed by atoms with Gasteiger partial charge in [0.2, 0.25) is 0 Å². The van der Waals surface area contributed by atoms with Crippen molar-refractivity contribution in [3.63, 3.8) is 0 Å². The zero-order valence-electron chi connectivity index (χ0n) is 8.62. The van der Waals surface area contributed by atoms with Crippen molar-refractivity contribution in [2.45, 2.75) is 25.7 Å². The van der Waals surface area contributed by atoms with E-state index in [4.69, 9.17) is 0 Å². The first-order valence-electron chi connectivity index (χ1n) is 5.51. The Morgan fingerprint density at radius 2 is 2.00 bits per heavy atom. The molecule has 0 N–H and O–H groups in total. The second-order valence-electron chi connectivity index (χ2n) is 4.09. The van der Waals surface area contributed by atoms with Gasteiger partial charge in [0.1, 0.15) is 0 Å². The summed E-state index contributed by atoms with van der Waals surface area (Å²) in [6, 6.07) is 8.88. The molecule has 0 saturated carbocycles. The molecule has 0 aliphatic heterocycles. The molecule has 0 bridgehead atoms. The van der Waals surface area contributed by atoms with E-state index in [2.05, 4.69) is 35.0 Å². The summed E-state index contributed by atoms with van der Waals surface area (Å²) in [6.07, 6.45) is 5.19. The third kappa shape index (κ3) is 1.61. The molecule has 0 amide bonds. The van der Waals surface area contributed by atoms with E-state index in [0.717, 1.165) is 0 Å². The van der Waals surface area contributed by atoms with Crippen molar-refractivity contribution in [1.29, 1.82) is 0 Å². The van der Waals surface area contributed by atoms with Crippen molar-refractivity contribution in [3.8, 4) is 11.1 Å². The van der Waals surface area contributed by atoms with E-state index in [1.165, 1.54) is 36.8 Å². The molecule has 0 atom stereocenters. The number of rotatable bonds is 1. The molecule has 1 aliphatic rings. The van der Waals surface area contributed by atoms with Crippen LogP contribution >= 0.6 is 11.3 Å². The fraction of sp³-hybridized carbons (Fsp3) is 0.286. The first-order chi connectivity index (χ1) is 7.45. The normalized spacial score (nSPS) is 14.9. The number of aryl methyl sites for hydroxylation is 1. The molecule has 1 heterocycles. The lowest BCUT2D eigenvalue weighted by Crippen LogP contribution is -2.03. The van der Waals surface area contributed by atoms with Crippen molar-refractivity contribution >= 4 is 11.3 Å². The molecule has 1 heteroatoms. The van der Waals surface area contributed by atoms with Crippen molar-refractivity contribution < 1.29 is 0 Å². The zero-order chi connectivity index (χ0) is 10.1. The third-order valence-corrected chi connectivity index (χ3v) is 3.77. The molecular weight excluding hydrogens is 200 g/mol. The van der Waals surface area contributed by atoms with Gasteiger partial charge in [-0.15, -0.1) is 11.3 Å². The molecule has 1 aromatic heterocycles. The minimum absolute atomic E-state index is 1.25. The Balaban J connectivity index is 2.15. The molecule has 0 saturated heterocycles. The Kier molecular flexibility index (Phi) is 2.34. The summed E-state index contributed by atoms with van der Waals surface area (Å²) in [4.78, 5) is 0. The Morgan fingerprint density at radius 1 is 1.07 bits per heavy atom. The summed E-state index contributed by atoms with van der Waals surface area (Å²) in [5, 5.41) is 5.45. The fourth-order valence-corrected chi connectivity index (χ4v) is 2.99. The second-order valence-corrected chi connectivity index (χ2v) is 4.80. The topological polar surface area (TPSA) is 0 Å². The number of thiophene rings is 1. The van der Waals surface area contributed by atoms with Crippen LogP contribution in [0.4, 0.5) is 0 Å². The van der Waals surface area contributed by atoms with Crippen LogP contribution in [0.5, 0.6) is 0 Å². The summed E-state index contributed by atoms with van der Waals surface area (Å²) in [6.45, 7) is 0. The first kappa shape index (κ1) is 9.17. The Bertz CT molecular complexity index is 454. The predicted octanol–water partition coefficient (Wildman–Crippen LogP) is 4.09. The summed E-state index contributed by atoms with van der Waals surface area (Å²) in [7, 11) is 0. The molecule has 0 unspecified atom stereocenters. The molecule has 0 fully saturated rings. The average molecular weight is 213 g/mol. The van der Waals surface area contributed by atoms with Crippen molar-refractivity contribution in [3.05, 3.63) is 46.2 Å². The van der Waals surface area contributed by atoms with Crippen LogP contribution in [0.15, 0.2) is 29.6 Å². The summed E-state index contributed by atoms with van der Waals surface area (Å²) in [5.41, 5.74) is 5.81. The Morgan fingerprint density at radius 3 is 2.87 bits per heavy atom. The van der Waals surface area contributed by atoms with E-state index in [1.54, 1.807) is 22.5 Å². The van der Waals surface area contributed by atoms with E-state index in [1.807, 2.05) is 0 Å². The summed E-state index contributed by atoms with van der Waals surface area (Å²) < 4.78 is 0. The molecular formula is C14H13S. The predicted molar refractivity (Wildman–Crippen MR) is 65.2 cm³/mol. The van der Waals surface area contributed by atoms with Gasteiger partial charge in [0.15, 0.2) is 0 Å². The monoisotopic (exact) mass is 213 g/mol. The molecule has 1 aromatic carbocycles. The third-order valence-electron chi connectivity index (χ3n) is 3.16. The lowest BCUT2D eigenvalue weighted by Gasteiger charge is -2.18. The molecule has 0 nitrogen and oxygen atoms in total. The highest BCUT2D eigenvalue weighted by Gasteiger charge is 2.13. The van der Waals surface area contributed by atoms with Crippen LogP contribution in [0.1, 0.15) is 24.0 Å². The fourth-order valence-electron chi connectivity index (χ4n) is 2.41. The summed E-state index contributed by atoms with van der Waals surface area (Å²) >= 11 is 1.66. The van der Waals surface area contributed by atoms with Gasteiger partial charge in [-0.1, -0.05) is 18.2 Å².